The summed E-state index contributed by atoms with van der Waals surface area (Å²) in [6, 6.07) is 21.3. The quantitative estimate of drug-likeness (QED) is 0.425. The van der Waals surface area contributed by atoms with Crippen LogP contribution in [0.25, 0.3) is 23.1 Å². The smallest absolute Gasteiger partial charge is 0.235 e. The van der Waals surface area contributed by atoms with Gasteiger partial charge in [0.05, 0.1) is 16.6 Å². The molecule has 1 saturated carbocycles. The first-order valence-electron chi connectivity index (χ1n) is 11.8. The summed E-state index contributed by atoms with van der Waals surface area (Å²) in [5.41, 5.74) is 8.43. The Balaban J connectivity index is 1.25. The summed E-state index contributed by atoms with van der Waals surface area (Å²) in [6.07, 6.45) is 5.01. The average Bonchev–Trinajstić information content (AvgIpc) is 3.36. The van der Waals surface area contributed by atoms with Crippen LogP contribution in [-0.4, -0.2) is 35.1 Å². The molecule has 3 aromatic carbocycles. The second-order valence-electron chi connectivity index (χ2n) is 9.96. The summed E-state index contributed by atoms with van der Waals surface area (Å²) in [6.45, 7) is 3.02. The molecule has 5 heteroatoms. The second-order valence-corrected chi connectivity index (χ2v) is 9.96. The second kappa shape index (κ2) is 7.67. The summed E-state index contributed by atoms with van der Waals surface area (Å²) in [5.74, 6) is 0.325. The Kier molecular flexibility index (Phi) is 4.71. The van der Waals surface area contributed by atoms with Crippen molar-refractivity contribution in [3.05, 3.63) is 94.2 Å². The van der Waals surface area contributed by atoms with Crippen LogP contribution in [0.2, 0.25) is 0 Å². The maximum absolute atomic E-state index is 12.9. The number of benzene rings is 3. The first kappa shape index (κ1) is 20.9. The van der Waals surface area contributed by atoms with Gasteiger partial charge >= 0.3 is 0 Å². The molecule has 0 saturated heterocycles. The molecular weight excluding hydrogens is 420 g/mol. The van der Waals surface area contributed by atoms with Crippen molar-refractivity contribution in [3.8, 4) is 0 Å². The summed E-state index contributed by atoms with van der Waals surface area (Å²) < 4.78 is 0. The van der Waals surface area contributed by atoms with Crippen molar-refractivity contribution in [2.45, 2.75) is 31.2 Å². The topological polar surface area (TPSA) is 61.0 Å². The van der Waals surface area contributed by atoms with Gasteiger partial charge < -0.3 is 10.2 Å². The van der Waals surface area contributed by atoms with Crippen molar-refractivity contribution in [2.24, 2.45) is 0 Å². The lowest BCUT2D eigenvalue weighted by Gasteiger charge is -2.09. The van der Waals surface area contributed by atoms with E-state index in [2.05, 4.69) is 108 Å². The molecule has 0 bridgehead atoms. The highest BCUT2D eigenvalue weighted by molar-refractivity contribution is 6.10. The molecular formula is C29H28N4O. The van der Waals surface area contributed by atoms with Gasteiger partial charge in [0, 0.05) is 23.5 Å². The van der Waals surface area contributed by atoms with E-state index >= 15 is 0 Å². The zero-order valence-corrected chi connectivity index (χ0v) is 19.7. The van der Waals surface area contributed by atoms with Gasteiger partial charge in [0.2, 0.25) is 5.91 Å². The number of fused-ring (bicyclic) bond motifs is 3. The van der Waals surface area contributed by atoms with Crippen molar-refractivity contribution in [3.63, 3.8) is 0 Å². The van der Waals surface area contributed by atoms with Gasteiger partial charge in [-0.05, 0) is 67.9 Å². The summed E-state index contributed by atoms with van der Waals surface area (Å²) in [4.78, 5) is 15.1. The van der Waals surface area contributed by atoms with Crippen LogP contribution in [0.1, 0.15) is 45.8 Å². The van der Waals surface area contributed by atoms with Crippen molar-refractivity contribution in [2.75, 3.05) is 19.4 Å². The van der Waals surface area contributed by atoms with E-state index in [4.69, 9.17) is 0 Å². The van der Waals surface area contributed by atoms with Crippen LogP contribution in [0.3, 0.4) is 0 Å². The average molecular weight is 449 g/mol. The number of nitrogens with one attached hydrogen (secondary N) is 2. The lowest BCUT2D eigenvalue weighted by Crippen LogP contribution is -2.21. The van der Waals surface area contributed by atoms with Crippen molar-refractivity contribution in [1.82, 2.24) is 15.1 Å². The Hall–Kier alpha value is -3.70. The third kappa shape index (κ3) is 3.35. The Bertz CT molecular complexity index is 1450. The third-order valence-electron chi connectivity index (χ3n) is 7.20. The van der Waals surface area contributed by atoms with Crippen molar-refractivity contribution < 1.29 is 4.79 Å². The molecule has 5 nitrogen and oxygen atoms in total. The van der Waals surface area contributed by atoms with E-state index in [0.29, 0.717) is 0 Å². The number of aryl methyl sites for hydroxylation is 1. The Morgan fingerprint density at radius 1 is 1.06 bits per heavy atom. The van der Waals surface area contributed by atoms with Crippen LogP contribution in [0.5, 0.6) is 0 Å². The number of hydrogen-bond donors (Lipinski definition) is 2. The van der Waals surface area contributed by atoms with E-state index in [1.807, 2.05) is 6.07 Å². The van der Waals surface area contributed by atoms with E-state index in [0.717, 1.165) is 46.4 Å². The number of aromatic amines is 1. The van der Waals surface area contributed by atoms with Crippen LogP contribution < -0.4 is 5.32 Å². The van der Waals surface area contributed by atoms with E-state index in [1.54, 1.807) is 0 Å². The number of H-pyrrole nitrogens is 1. The zero-order chi connectivity index (χ0) is 23.4. The maximum Gasteiger partial charge on any atom is 0.235 e. The van der Waals surface area contributed by atoms with E-state index in [-0.39, 0.29) is 11.8 Å². The molecule has 1 unspecified atom stereocenters. The van der Waals surface area contributed by atoms with Crippen molar-refractivity contribution >= 4 is 34.6 Å². The Labute approximate surface area is 199 Å². The predicted molar refractivity (Wildman–Crippen MR) is 138 cm³/mol. The van der Waals surface area contributed by atoms with Crippen LogP contribution in [0, 0.1) is 6.92 Å². The van der Waals surface area contributed by atoms with Crippen LogP contribution in [0.4, 0.5) is 5.69 Å². The number of aromatic nitrogens is 2. The molecule has 170 valence electrons. The molecule has 1 amide bonds. The maximum atomic E-state index is 12.9. The monoisotopic (exact) mass is 448 g/mol. The molecule has 2 atom stereocenters. The van der Waals surface area contributed by atoms with Gasteiger partial charge in [0.25, 0.3) is 0 Å². The van der Waals surface area contributed by atoms with Gasteiger partial charge in [-0.1, -0.05) is 60.2 Å². The number of amides is 1. The predicted octanol–water partition coefficient (Wildman–Crippen LogP) is 5.48. The number of hydrogen-bond acceptors (Lipinski definition) is 3. The third-order valence-corrected chi connectivity index (χ3v) is 7.20. The lowest BCUT2D eigenvalue weighted by atomic mass is 9.91. The molecule has 34 heavy (non-hydrogen) atoms. The molecule has 1 fully saturated rings. The largest absolute Gasteiger partial charge is 0.325 e. The molecule has 1 aliphatic heterocycles. The van der Waals surface area contributed by atoms with Gasteiger partial charge in [-0.2, -0.15) is 5.10 Å². The zero-order valence-electron chi connectivity index (χ0n) is 19.7. The van der Waals surface area contributed by atoms with Gasteiger partial charge in [0.1, 0.15) is 0 Å². The number of carbonyl (C=O) groups is 1. The minimum atomic E-state index is -0.420. The molecule has 1 spiro atoms. The van der Waals surface area contributed by atoms with Crippen LogP contribution in [0.15, 0.2) is 60.7 Å². The van der Waals surface area contributed by atoms with Crippen LogP contribution >= 0.6 is 0 Å². The number of anilines is 1. The van der Waals surface area contributed by atoms with Crippen LogP contribution in [-0.2, 0) is 16.8 Å². The lowest BCUT2D eigenvalue weighted by molar-refractivity contribution is -0.118. The van der Waals surface area contributed by atoms with Gasteiger partial charge in [-0.25, -0.2) is 0 Å². The molecule has 1 aliphatic carbocycles. The molecule has 0 radical (unpaired) electrons. The Morgan fingerprint density at radius 3 is 2.68 bits per heavy atom. The fourth-order valence-electron chi connectivity index (χ4n) is 5.38. The summed E-state index contributed by atoms with van der Waals surface area (Å²) >= 11 is 0. The number of rotatable bonds is 5. The molecule has 2 aliphatic rings. The summed E-state index contributed by atoms with van der Waals surface area (Å²) in [5, 5.41) is 11.9. The Morgan fingerprint density at radius 2 is 1.88 bits per heavy atom. The SMILES string of the molecule is Cc1ccc2c(c1)C1(C[C@H]1c1ccc3c(/C=C/c4ccc(CN(C)C)cc4)n[nH]c3c1)C(=O)N2. The van der Waals surface area contributed by atoms with Gasteiger partial charge in [-0.15, -0.1) is 0 Å². The van der Waals surface area contributed by atoms with E-state index in [1.165, 1.54) is 16.7 Å². The number of carbonyl (C=O) groups excluding carboxylic acids is 1. The molecule has 6 rings (SSSR count). The van der Waals surface area contributed by atoms with Crippen molar-refractivity contribution in [1.29, 1.82) is 0 Å². The molecule has 1 aromatic heterocycles. The van der Waals surface area contributed by atoms with Gasteiger partial charge in [0.15, 0.2) is 0 Å². The molecule has 2 N–H and O–H groups in total. The minimum absolute atomic E-state index is 0.128. The summed E-state index contributed by atoms with van der Waals surface area (Å²) in [7, 11) is 4.15. The fraction of sp³-hybridized carbons (Fsp3) is 0.241. The first-order valence-corrected chi connectivity index (χ1v) is 11.8. The minimum Gasteiger partial charge on any atom is -0.325 e. The highest BCUT2D eigenvalue weighted by Gasteiger charge is 2.65. The fourth-order valence-corrected chi connectivity index (χ4v) is 5.38. The standard InChI is InChI=1S/C29H28N4O/c1-18-4-12-26-23(14-18)29(28(34)30-26)16-24(29)21-10-11-22-25(31-32-27(22)15-21)13-9-19-5-7-20(8-6-19)17-33(2)3/h4-15,24H,16-17H2,1-3H3,(H,30,34)(H,31,32)/b13-9+/t24-,29?/m0/s1. The molecule has 2 heterocycles. The highest BCUT2D eigenvalue weighted by Crippen LogP contribution is 2.65. The first-order chi connectivity index (χ1) is 16.4. The molecule has 4 aromatic rings. The van der Waals surface area contributed by atoms with Gasteiger partial charge in [-0.3, -0.25) is 9.89 Å². The number of nitrogens with zero attached hydrogens (tertiary/aromatic N) is 2. The highest BCUT2D eigenvalue weighted by atomic mass is 16.2. The van der Waals surface area contributed by atoms with E-state index in [9.17, 15) is 4.79 Å². The normalized spacial score (nSPS) is 21.1. The van der Waals surface area contributed by atoms with E-state index < -0.39 is 5.41 Å².